The van der Waals surface area contributed by atoms with E-state index in [2.05, 4.69) is 22.0 Å². The monoisotopic (exact) mass is 744 g/mol. The molecular formula is C44H45FN4O6. The van der Waals surface area contributed by atoms with Crippen LogP contribution >= 0.6 is 0 Å². The van der Waals surface area contributed by atoms with Gasteiger partial charge in [0.05, 0.1) is 11.3 Å². The molecule has 2 aliphatic heterocycles. The predicted octanol–water partition coefficient (Wildman–Crippen LogP) is 7.11. The first kappa shape index (κ1) is 35.4. The summed E-state index contributed by atoms with van der Waals surface area (Å²) < 4.78 is 42.4. The SMILES string of the molecule is C=CCN(C)CC[C@]12Cc3onc(OCc4ccccc4)c3C(=O)[C@]13OC3=C1C(=O)c3c(c(F)c4c(c3OCc3ccccc3)NCCC4N(C)C)CC1C2. The Morgan fingerprint density at radius 3 is 2.42 bits per heavy atom. The summed E-state index contributed by atoms with van der Waals surface area (Å²) in [5.41, 5.74) is 1.99. The van der Waals surface area contributed by atoms with Crippen LogP contribution in [0.4, 0.5) is 10.1 Å². The van der Waals surface area contributed by atoms with Gasteiger partial charge in [-0.25, -0.2) is 4.39 Å². The lowest BCUT2D eigenvalue weighted by atomic mass is 9.53. The van der Waals surface area contributed by atoms with Gasteiger partial charge in [-0.1, -0.05) is 66.7 Å². The molecule has 11 heteroatoms. The van der Waals surface area contributed by atoms with Crippen molar-refractivity contribution >= 4 is 17.3 Å². The van der Waals surface area contributed by atoms with Crippen molar-refractivity contribution in [2.45, 2.75) is 57.0 Å². The average molecular weight is 745 g/mol. The van der Waals surface area contributed by atoms with Crippen LogP contribution in [0.3, 0.4) is 0 Å². The summed E-state index contributed by atoms with van der Waals surface area (Å²) >= 11 is 0. The van der Waals surface area contributed by atoms with E-state index in [-0.39, 0.29) is 66.0 Å². The summed E-state index contributed by atoms with van der Waals surface area (Å²) in [4.78, 5) is 34.3. The van der Waals surface area contributed by atoms with Crippen molar-refractivity contribution in [2.75, 3.05) is 46.1 Å². The normalized spacial score (nSPS) is 24.5. The number of likely N-dealkylation sites (N-methyl/N-ethyl adjacent to an activating group) is 1. The second-order valence-electron chi connectivity index (χ2n) is 15.9. The highest BCUT2D eigenvalue weighted by molar-refractivity contribution is 6.18. The number of benzene rings is 3. The Kier molecular flexibility index (Phi) is 8.69. The molecule has 0 saturated carbocycles. The highest BCUT2D eigenvalue weighted by Gasteiger charge is 2.78. The van der Waals surface area contributed by atoms with Gasteiger partial charge in [0.1, 0.15) is 24.6 Å². The minimum Gasteiger partial charge on any atom is -0.486 e. The van der Waals surface area contributed by atoms with Crippen LogP contribution < -0.4 is 14.8 Å². The number of carbonyl (C=O) groups is 2. The number of halogens is 1. The molecule has 284 valence electrons. The minimum atomic E-state index is -1.39. The van der Waals surface area contributed by atoms with Gasteiger partial charge in [-0.15, -0.1) is 6.58 Å². The van der Waals surface area contributed by atoms with Gasteiger partial charge in [0, 0.05) is 47.7 Å². The van der Waals surface area contributed by atoms with Gasteiger partial charge >= 0.3 is 0 Å². The van der Waals surface area contributed by atoms with Crippen LogP contribution in [-0.4, -0.2) is 72.9 Å². The van der Waals surface area contributed by atoms with Crippen LogP contribution in [0, 0.1) is 17.2 Å². The van der Waals surface area contributed by atoms with E-state index in [0.717, 1.165) is 11.1 Å². The minimum absolute atomic E-state index is 0.115. The first-order chi connectivity index (χ1) is 26.7. The van der Waals surface area contributed by atoms with Gasteiger partial charge in [0.15, 0.2) is 23.1 Å². The number of epoxide rings is 1. The van der Waals surface area contributed by atoms with Gasteiger partial charge in [-0.3, -0.25) is 9.59 Å². The summed E-state index contributed by atoms with van der Waals surface area (Å²) in [6, 6.07) is 19.2. The van der Waals surface area contributed by atoms with Gasteiger partial charge in [-0.05, 0) is 75.6 Å². The molecular weight excluding hydrogens is 700 g/mol. The number of nitrogens with zero attached hydrogens (tertiary/aromatic N) is 3. The van der Waals surface area contributed by atoms with Gasteiger partial charge in [-0.2, -0.15) is 0 Å². The van der Waals surface area contributed by atoms with E-state index in [4.69, 9.17) is 18.7 Å². The third kappa shape index (κ3) is 5.53. The third-order valence-electron chi connectivity index (χ3n) is 12.3. The summed E-state index contributed by atoms with van der Waals surface area (Å²) in [5.74, 6) is -0.120. The molecule has 4 aromatic rings. The smallest absolute Gasteiger partial charge is 0.265 e. The van der Waals surface area contributed by atoms with Gasteiger partial charge in [0.25, 0.3) is 5.88 Å². The molecule has 4 atom stereocenters. The summed E-state index contributed by atoms with van der Waals surface area (Å²) in [6.45, 7) is 6.20. The number of anilines is 1. The number of allylic oxidation sites excluding steroid dienone is 1. The van der Waals surface area contributed by atoms with Crippen molar-refractivity contribution < 1.29 is 32.7 Å². The van der Waals surface area contributed by atoms with E-state index in [0.29, 0.717) is 85.0 Å². The van der Waals surface area contributed by atoms with Crippen LogP contribution in [-0.2, 0) is 30.8 Å². The zero-order valence-corrected chi connectivity index (χ0v) is 31.5. The maximum atomic E-state index is 17.2. The Morgan fingerprint density at radius 1 is 1.02 bits per heavy atom. The molecule has 5 aliphatic rings. The summed E-state index contributed by atoms with van der Waals surface area (Å²) in [7, 11) is 5.91. The molecule has 1 N–H and O–H groups in total. The molecule has 1 fully saturated rings. The molecule has 1 aromatic heterocycles. The predicted molar refractivity (Wildman–Crippen MR) is 204 cm³/mol. The van der Waals surface area contributed by atoms with Crippen LogP contribution in [0.5, 0.6) is 11.6 Å². The molecule has 1 spiro atoms. The van der Waals surface area contributed by atoms with Crippen molar-refractivity contribution in [2.24, 2.45) is 11.3 Å². The molecule has 3 heterocycles. The Labute approximate surface area is 319 Å². The number of rotatable bonds is 12. The fourth-order valence-corrected chi connectivity index (χ4v) is 9.65. The van der Waals surface area contributed by atoms with E-state index in [1.165, 1.54) is 0 Å². The first-order valence-corrected chi connectivity index (χ1v) is 19.1. The van der Waals surface area contributed by atoms with Crippen molar-refractivity contribution in [1.29, 1.82) is 0 Å². The van der Waals surface area contributed by atoms with Crippen LogP contribution in [0.1, 0.15) is 74.0 Å². The van der Waals surface area contributed by atoms with E-state index >= 15 is 14.0 Å². The van der Waals surface area contributed by atoms with Crippen molar-refractivity contribution in [3.8, 4) is 11.6 Å². The average Bonchev–Trinajstić information content (AvgIpc) is 3.83. The maximum absolute atomic E-state index is 17.2. The number of ketones is 2. The molecule has 0 bridgehead atoms. The largest absolute Gasteiger partial charge is 0.486 e. The number of Topliss-reactive ketones (excluding diaryl/α,β-unsaturated/α-hetero) is 2. The van der Waals surface area contributed by atoms with E-state index in [9.17, 15) is 0 Å². The van der Waals surface area contributed by atoms with Crippen molar-refractivity contribution in [3.63, 3.8) is 0 Å². The fourth-order valence-electron chi connectivity index (χ4n) is 9.65. The molecule has 55 heavy (non-hydrogen) atoms. The van der Waals surface area contributed by atoms with E-state index in [1.807, 2.05) is 92.8 Å². The number of hydrogen-bond donors (Lipinski definition) is 1. The van der Waals surface area contributed by atoms with Crippen LogP contribution in [0.25, 0.3) is 0 Å². The number of ether oxygens (including phenoxy) is 3. The van der Waals surface area contributed by atoms with E-state index in [1.54, 1.807) is 0 Å². The standard InChI is InChI=1S/C44H45FN4O6/c1-5-19-49(4)20-17-43-22-28-21-29-33(39(52-24-26-12-8-6-9-13-26)37-34(36(29)45)30(48(2)3)16-18-46-37)38(50)32(28)41-44(43,54-41)40(51)35-31(23-43)55-47-42(35)53-25-27-14-10-7-11-15-27/h5-15,28,30,46H,1,16-25H2,2-4H3/t28?,30?,43-,44+/m0/s1. The lowest BCUT2D eigenvalue weighted by Gasteiger charge is -2.45. The Balaban J connectivity index is 1.16. The second-order valence-corrected chi connectivity index (χ2v) is 15.9. The highest BCUT2D eigenvalue weighted by Crippen LogP contribution is 2.70. The number of aromatic nitrogens is 1. The Hall–Kier alpha value is -5.26. The summed E-state index contributed by atoms with van der Waals surface area (Å²) in [6.07, 6.45) is 4.18. The number of fused-ring (bicyclic) bond motifs is 4. The van der Waals surface area contributed by atoms with E-state index < -0.39 is 11.0 Å². The third-order valence-corrected chi connectivity index (χ3v) is 12.3. The topological polar surface area (TPSA) is 110 Å². The molecule has 2 unspecified atom stereocenters. The summed E-state index contributed by atoms with van der Waals surface area (Å²) in [5, 5.41) is 7.64. The molecule has 0 radical (unpaired) electrons. The highest BCUT2D eigenvalue weighted by atomic mass is 19.1. The fraction of sp³-hybridized carbons (Fsp3) is 0.386. The van der Waals surface area contributed by atoms with Crippen LogP contribution in [0.2, 0.25) is 0 Å². The number of nitrogens with one attached hydrogen (secondary N) is 1. The van der Waals surface area contributed by atoms with Gasteiger partial charge < -0.3 is 33.9 Å². The van der Waals surface area contributed by atoms with Crippen molar-refractivity contribution in [1.82, 2.24) is 15.0 Å². The van der Waals surface area contributed by atoms with Crippen molar-refractivity contribution in [3.05, 3.63) is 130 Å². The number of carbonyl (C=O) groups excluding carboxylic acids is 2. The van der Waals surface area contributed by atoms with Crippen LogP contribution in [0.15, 0.2) is 89.2 Å². The zero-order valence-electron chi connectivity index (χ0n) is 31.5. The quantitative estimate of drug-likeness (QED) is 0.119. The molecule has 1 saturated heterocycles. The number of hydrogen-bond acceptors (Lipinski definition) is 10. The Morgan fingerprint density at radius 2 is 1.73 bits per heavy atom. The molecule has 0 amide bonds. The molecule has 3 aliphatic carbocycles. The Bertz CT molecular complexity index is 2240. The molecule has 10 nitrogen and oxygen atoms in total. The lowest BCUT2D eigenvalue weighted by molar-refractivity contribution is 0.0320. The van der Waals surface area contributed by atoms with Gasteiger partial charge in [0.2, 0.25) is 11.4 Å². The first-order valence-electron chi connectivity index (χ1n) is 19.1. The zero-order chi connectivity index (χ0) is 38.1. The molecule has 3 aromatic carbocycles. The molecule has 9 rings (SSSR count). The second kappa shape index (κ2) is 13.5. The lowest BCUT2D eigenvalue weighted by Crippen LogP contribution is -2.54. The maximum Gasteiger partial charge on any atom is 0.265 e.